The van der Waals surface area contributed by atoms with Crippen LogP contribution >= 0.6 is 0 Å². The highest BCUT2D eigenvalue weighted by atomic mass is 16.5. The Hall–Kier alpha value is -0.610. The number of amides is 1. The molecule has 0 saturated carbocycles. The zero-order valence-corrected chi connectivity index (χ0v) is 7.96. The van der Waals surface area contributed by atoms with Gasteiger partial charge in [0.1, 0.15) is 0 Å². The van der Waals surface area contributed by atoms with Crippen molar-refractivity contribution in [3.63, 3.8) is 0 Å². The van der Waals surface area contributed by atoms with E-state index in [-0.39, 0.29) is 11.9 Å². The Morgan fingerprint density at radius 3 is 2.50 bits per heavy atom. The second kappa shape index (κ2) is 5.97. The molecule has 1 amide bonds. The Morgan fingerprint density at radius 1 is 1.58 bits per heavy atom. The first kappa shape index (κ1) is 11.4. The first-order valence-corrected chi connectivity index (χ1v) is 4.09. The molecular weight excluding hydrogens is 156 g/mol. The van der Waals surface area contributed by atoms with Gasteiger partial charge in [0.05, 0.1) is 12.8 Å². The van der Waals surface area contributed by atoms with E-state index >= 15 is 0 Å². The molecule has 0 aliphatic carbocycles. The summed E-state index contributed by atoms with van der Waals surface area (Å²) in [5, 5.41) is 2.90. The van der Waals surface area contributed by atoms with Gasteiger partial charge in [-0.25, -0.2) is 0 Å². The molecule has 0 radical (unpaired) electrons. The Balaban J connectivity index is 3.78. The summed E-state index contributed by atoms with van der Waals surface area (Å²) in [5.41, 5.74) is 5.17. The van der Waals surface area contributed by atoms with E-state index in [1.54, 1.807) is 7.11 Å². The number of carbonyl (C=O) groups is 1. The quantitative estimate of drug-likeness (QED) is 0.560. The molecule has 0 rings (SSSR count). The molecule has 0 spiro atoms. The lowest BCUT2D eigenvalue weighted by atomic mass is 10.0. The number of hydrogen-bond donors (Lipinski definition) is 2. The summed E-state index contributed by atoms with van der Waals surface area (Å²) >= 11 is 0. The number of nitrogens with two attached hydrogens (primary N) is 1. The predicted octanol–water partition coefficient (Wildman–Crippen LogP) is 0.0799. The van der Waals surface area contributed by atoms with E-state index in [2.05, 4.69) is 5.32 Å². The predicted molar refractivity (Wildman–Crippen MR) is 47.4 cm³/mol. The van der Waals surface area contributed by atoms with E-state index in [9.17, 15) is 4.79 Å². The molecule has 12 heavy (non-hydrogen) atoms. The number of primary amides is 1. The Labute approximate surface area is 73.5 Å². The number of rotatable bonds is 6. The highest BCUT2D eigenvalue weighted by Gasteiger charge is 2.15. The van der Waals surface area contributed by atoms with Crippen LogP contribution in [0.25, 0.3) is 0 Å². The highest BCUT2D eigenvalue weighted by molar-refractivity contribution is 5.79. The summed E-state index contributed by atoms with van der Waals surface area (Å²) in [6.45, 7) is 4.45. The molecule has 0 heterocycles. The van der Waals surface area contributed by atoms with Crippen molar-refractivity contribution in [1.29, 1.82) is 0 Å². The smallest absolute Gasteiger partial charge is 0.234 e. The van der Waals surface area contributed by atoms with Crippen molar-refractivity contribution in [3.05, 3.63) is 0 Å². The van der Waals surface area contributed by atoms with Gasteiger partial charge in [0, 0.05) is 7.11 Å². The van der Waals surface area contributed by atoms with Crippen molar-refractivity contribution in [2.24, 2.45) is 11.7 Å². The molecule has 0 bridgehead atoms. The van der Waals surface area contributed by atoms with Crippen molar-refractivity contribution >= 4 is 5.91 Å². The molecule has 0 aromatic carbocycles. The minimum atomic E-state index is -0.319. The average molecular weight is 174 g/mol. The third-order valence-electron chi connectivity index (χ3n) is 1.52. The lowest BCUT2D eigenvalue weighted by molar-refractivity contribution is -0.120. The van der Waals surface area contributed by atoms with Gasteiger partial charge < -0.3 is 10.5 Å². The zero-order valence-electron chi connectivity index (χ0n) is 7.96. The first-order valence-electron chi connectivity index (χ1n) is 4.09. The van der Waals surface area contributed by atoms with Gasteiger partial charge in [0.2, 0.25) is 5.91 Å². The summed E-state index contributed by atoms with van der Waals surface area (Å²) in [7, 11) is 1.57. The van der Waals surface area contributed by atoms with Crippen molar-refractivity contribution in [2.75, 3.05) is 13.8 Å². The van der Waals surface area contributed by atoms with Crippen molar-refractivity contribution < 1.29 is 9.53 Å². The van der Waals surface area contributed by atoms with E-state index in [0.29, 0.717) is 12.6 Å². The lowest BCUT2D eigenvalue weighted by Gasteiger charge is -2.16. The SMILES string of the molecule is COCN[C@H](CC(C)C)C(N)=O. The maximum absolute atomic E-state index is 10.8. The van der Waals surface area contributed by atoms with E-state index < -0.39 is 0 Å². The number of methoxy groups -OCH3 is 1. The molecule has 0 aromatic heterocycles. The standard InChI is InChI=1S/C8H18N2O2/c1-6(2)4-7(8(9)11)10-5-12-3/h6-7,10H,4-5H2,1-3H3,(H2,9,11)/t7-/m1/s1. The van der Waals surface area contributed by atoms with Gasteiger partial charge >= 0.3 is 0 Å². The van der Waals surface area contributed by atoms with Crippen LogP contribution in [0.15, 0.2) is 0 Å². The fraction of sp³-hybridized carbons (Fsp3) is 0.875. The van der Waals surface area contributed by atoms with Gasteiger partial charge in [-0.1, -0.05) is 13.8 Å². The molecule has 4 heteroatoms. The zero-order chi connectivity index (χ0) is 9.56. The first-order chi connectivity index (χ1) is 5.57. The van der Waals surface area contributed by atoms with Gasteiger partial charge in [-0.3, -0.25) is 10.1 Å². The van der Waals surface area contributed by atoms with Crippen LogP contribution in [0.3, 0.4) is 0 Å². The largest absolute Gasteiger partial charge is 0.370 e. The summed E-state index contributed by atoms with van der Waals surface area (Å²) < 4.78 is 4.79. The Morgan fingerprint density at radius 2 is 2.17 bits per heavy atom. The summed E-state index contributed by atoms with van der Waals surface area (Å²) in [4.78, 5) is 10.8. The third kappa shape index (κ3) is 5.09. The van der Waals surface area contributed by atoms with E-state index in [1.165, 1.54) is 0 Å². The van der Waals surface area contributed by atoms with Gasteiger partial charge in [0.15, 0.2) is 0 Å². The molecule has 0 aromatic rings. The van der Waals surface area contributed by atoms with Crippen LogP contribution in [0.2, 0.25) is 0 Å². The van der Waals surface area contributed by atoms with Crippen molar-refractivity contribution in [3.8, 4) is 0 Å². The maximum atomic E-state index is 10.8. The molecule has 1 atom stereocenters. The highest BCUT2D eigenvalue weighted by Crippen LogP contribution is 2.03. The molecule has 0 saturated heterocycles. The van der Waals surface area contributed by atoms with Crippen LogP contribution in [0.5, 0.6) is 0 Å². The minimum Gasteiger partial charge on any atom is -0.370 e. The molecule has 72 valence electrons. The lowest BCUT2D eigenvalue weighted by Crippen LogP contribution is -2.42. The molecule has 0 aliphatic rings. The van der Waals surface area contributed by atoms with Crippen LogP contribution in [-0.4, -0.2) is 25.8 Å². The van der Waals surface area contributed by atoms with E-state index in [1.807, 2.05) is 13.8 Å². The molecule has 3 N–H and O–H groups in total. The minimum absolute atomic E-state index is 0.273. The van der Waals surface area contributed by atoms with Crippen LogP contribution < -0.4 is 11.1 Å². The average Bonchev–Trinajstić information content (AvgIpc) is 1.96. The van der Waals surface area contributed by atoms with Gasteiger partial charge in [0.25, 0.3) is 0 Å². The van der Waals surface area contributed by atoms with Crippen LogP contribution in [0.4, 0.5) is 0 Å². The molecule has 4 nitrogen and oxygen atoms in total. The van der Waals surface area contributed by atoms with Gasteiger partial charge in [-0.15, -0.1) is 0 Å². The van der Waals surface area contributed by atoms with Crippen LogP contribution in [0.1, 0.15) is 20.3 Å². The molecule has 0 fully saturated rings. The maximum Gasteiger partial charge on any atom is 0.234 e. The summed E-state index contributed by atoms with van der Waals surface area (Å²) in [6, 6.07) is -0.273. The third-order valence-corrected chi connectivity index (χ3v) is 1.52. The fourth-order valence-electron chi connectivity index (χ4n) is 0.955. The van der Waals surface area contributed by atoms with E-state index in [0.717, 1.165) is 6.42 Å². The van der Waals surface area contributed by atoms with Crippen LogP contribution in [-0.2, 0) is 9.53 Å². The van der Waals surface area contributed by atoms with Crippen LogP contribution in [0, 0.1) is 5.92 Å². The second-order valence-electron chi connectivity index (χ2n) is 3.22. The summed E-state index contributed by atoms with van der Waals surface area (Å²) in [5.74, 6) is 0.132. The Kier molecular flexibility index (Phi) is 5.66. The normalized spacial score (nSPS) is 13.3. The number of ether oxygens (including phenoxy) is 1. The molecule has 0 unspecified atom stereocenters. The van der Waals surface area contributed by atoms with Crippen molar-refractivity contribution in [2.45, 2.75) is 26.3 Å². The number of carbonyl (C=O) groups excluding carboxylic acids is 1. The van der Waals surface area contributed by atoms with Gasteiger partial charge in [-0.05, 0) is 12.3 Å². The summed E-state index contributed by atoms with van der Waals surface area (Å²) in [6.07, 6.45) is 0.749. The second-order valence-corrected chi connectivity index (χ2v) is 3.22. The topological polar surface area (TPSA) is 64.3 Å². The molecular formula is C8H18N2O2. The number of hydrogen-bond acceptors (Lipinski definition) is 3. The van der Waals surface area contributed by atoms with Gasteiger partial charge in [-0.2, -0.15) is 0 Å². The number of nitrogens with one attached hydrogen (secondary N) is 1. The monoisotopic (exact) mass is 174 g/mol. The fourth-order valence-corrected chi connectivity index (χ4v) is 0.955. The van der Waals surface area contributed by atoms with Crippen molar-refractivity contribution in [1.82, 2.24) is 5.32 Å². The Bertz CT molecular complexity index is 137. The molecule has 0 aliphatic heterocycles. The van der Waals surface area contributed by atoms with E-state index in [4.69, 9.17) is 10.5 Å².